The molecule has 1 rings (SSSR count). The molecule has 0 aliphatic heterocycles. The zero-order valence-electron chi connectivity index (χ0n) is 9.60. The molecule has 0 fully saturated rings. The van der Waals surface area contributed by atoms with Crippen LogP contribution in [-0.2, 0) is 0 Å². The standard InChI is InChI=1S/C10H16N4O2/c1-6(2)7(3)12-10-5-8(14(15)16)4-9(11)13-10/h4-7H,1-3H3,(H3,11,12,13). The Kier molecular flexibility index (Phi) is 3.65. The van der Waals surface area contributed by atoms with Gasteiger partial charge in [-0.25, -0.2) is 4.98 Å². The number of nitro groups is 1. The predicted octanol–water partition coefficient (Wildman–Crippen LogP) is 2.03. The summed E-state index contributed by atoms with van der Waals surface area (Å²) in [7, 11) is 0. The number of anilines is 2. The first-order chi connectivity index (χ1) is 7.40. The molecule has 0 saturated carbocycles. The molecular weight excluding hydrogens is 208 g/mol. The summed E-state index contributed by atoms with van der Waals surface area (Å²) in [5.74, 6) is 0.989. The Morgan fingerprint density at radius 1 is 1.44 bits per heavy atom. The summed E-state index contributed by atoms with van der Waals surface area (Å²) in [6, 6.07) is 2.80. The highest BCUT2D eigenvalue weighted by Crippen LogP contribution is 2.20. The molecule has 1 aromatic rings. The summed E-state index contributed by atoms with van der Waals surface area (Å²) < 4.78 is 0. The van der Waals surface area contributed by atoms with Crippen LogP contribution in [0.15, 0.2) is 12.1 Å². The van der Waals surface area contributed by atoms with Crippen molar-refractivity contribution in [3.8, 4) is 0 Å². The Bertz CT molecular complexity index is 392. The summed E-state index contributed by atoms with van der Waals surface area (Å²) in [5, 5.41) is 13.7. The quantitative estimate of drug-likeness (QED) is 0.602. The van der Waals surface area contributed by atoms with Gasteiger partial charge in [-0.05, 0) is 12.8 Å². The van der Waals surface area contributed by atoms with E-state index >= 15 is 0 Å². The maximum Gasteiger partial charge on any atom is 0.276 e. The van der Waals surface area contributed by atoms with Gasteiger partial charge in [-0.1, -0.05) is 13.8 Å². The van der Waals surface area contributed by atoms with Gasteiger partial charge in [0.05, 0.1) is 17.1 Å². The first-order valence-corrected chi connectivity index (χ1v) is 5.08. The van der Waals surface area contributed by atoms with Crippen molar-refractivity contribution in [1.29, 1.82) is 0 Å². The second-order valence-electron chi connectivity index (χ2n) is 4.07. The summed E-state index contributed by atoms with van der Waals surface area (Å²) in [5.41, 5.74) is 5.44. The number of nitrogens with one attached hydrogen (secondary N) is 1. The Balaban J connectivity index is 2.92. The van der Waals surface area contributed by atoms with Gasteiger partial charge in [0.1, 0.15) is 11.6 Å². The third kappa shape index (κ3) is 3.08. The molecule has 0 radical (unpaired) electrons. The zero-order chi connectivity index (χ0) is 12.3. The molecule has 0 amide bonds. The molecule has 0 bridgehead atoms. The van der Waals surface area contributed by atoms with Gasteiger partial charge in [0.25, 0.3) is 5.69 Å². The number of nitrogens with zero attached hydrogens (tertiary/aromatic N) is 2. The molecule has 0 aliphatic carbocycles. The number of hydrogen-bond acceptors (Lipinski definition) is 5. The fourth-order valence-corrected chi connectivity index (χ4v) is 1.12. The van der Waals surface area contributed by atoms with E-state index in [1.807, 2.05) is 6.92 Å². The van der Waals surface area contributed by atoms with Crippen molar-refractivity contribution in [3.63, 3.8) is 0 Å². The number of aromatic nitrogens is 1. The molecule has 1 heterocycles. The van der Waals surface area contributed by atoms with E-state index in [-0.39, 0.29) is 17.5 Å². The molecule has 1 atom stereocenters. The molecule has 0 spiro atoms. The molecule has 0 saturated heterocycles. The van der Waals surface area contributed by atoms with Crippen molar-refractivity contribution in [1.82, 2.24) is 4.98 Å². The second-order valence-corrected chi connectivity index (χ2v) is 4.07. The topological polar surface area (TPSA) is 94.1 Å². The highest BCUT2D eigenvalue weighted by molar-refractivity contribution is 5.53. The van der Waals surface area contributed by atoms with E-state index in [4.69, 9.17) is 5.73 Å². The van der Waals surface area contributed by atoms with Crippen LogP contribution in [0.5, 0.6) is 0 Å². The lowest BCUT2D eigenvalue weighted by molar-refractivity contribution is -0.384. The van der Waals surface area contributed by atoms with Crippen LogP contribution in [0.2, 0.25) is 0 Å². The Hall–Kier alpha value is -1.85. The molecule has 6 nitrogen and oxygen atoms in total. The van der Waals surface area contributed by atoms with Crippen molar-refractivity contribution >= 4 is 17.3 Å². The van der Waals surface area contributed by atoms with Crippen molar-refractivity contribution in [2.24, 2.45) is 5.92 Å². The minimum atomic E-state index is -0.483. The monoisotopic (exact) mass is 224 g/mol. The van der Waals surface area contributed by atoms with Crippen LogP contribution in [0.3, 0.4) is 0 Å². The second kappa shape index (κ2) is 4.78. The van der Waals surface area contributed by atoms with Gasteiger partial charge in [-0.2, -0.15) is 0 Å². The van der Waals surface area contributed by atoms with E-state index in [2.05, 4.69) is 24.1 Å². The van der Waals surface area contributed by atoms with Gasteiger partial charge < -0.3 is 11.1 Å². The minimum absolute atomic E-state index is 0.0500. The minimum Gasteiger partial charge on any atom is -0.383 e. The van der Waals surface area contributed by atoms with Gasteiger partial charge in [0, 0.05) is 6.04 Å². The smallest absolute Gasteiger partial charge is 0.276 e. The van der Waals surface area contributed by atoms with Crippen LogP contribution >= 0.6 is 0 Å². The molecule has 88 valence electrons. The fourth-order valence-electron chi connectivity index (χ4n) is 1.12. The fraction of sp³-hybridized carbons (Fsp3) is 0.500. The molecule has 1 unspecified atom stereocenters. The van der Waals surface area contributed by atoms with Crippen LogP contribution < -0.4 is 11.1 Å². The van der Waals surface area contributed by atoms with Crippen LogP contribution in [0.25, 0.3) is 0 Å². The average Bonchev–Trinajstić information content (AvgIpc) is 2.16. The van der Waals surface area contributed by atoms with E-state index in [9.17, 15) is 10.1 Å². The van der Waals surface area contributed by atoms with Gasteiger partial charge >= 0.3 is 0 Å². The average molecular weight is 224 g/mol. The van der Waals surface area contributed by atoms with Crippen LogP contribution in [0.4, 0.5) is 17.3 Å². The normalized spacial score (nSPS) is 12.5. The maximum absolute atomic E-state index is 10.6. The number of rotatable bonds is 4. The van der Waals surface area contributed by atoms with Gasteiger partial charge in [0.15, 0.2) is 0 Å². The third-order valence-electron chi connectivity index (χ3n) is 2.42. The van der Waals surface area contributed by atoms with Crippen molar-refractivity contribution in [3.05, 3.63) is 22.2 Å². The number of nitrogens with two attached hydrogens (primary N) is 1. The summed E-state index contributed by atoms with van der Waals surface area (Å²) in [4.78, 5) is 14.1. The summed E-state index contributed by atoms with van der Waals surface area (Å²) >= 11 is 0. The molecule has 16 heavy (non-hydrogen) atoms. The molecule has 3 N–H and O–H groups in total. The van der Waals surface area contributed by atoms with E-state index in [1.165, 1.54) is 12.1 Å². The van der Waals surface area contributed by atoms with E-state index < -0.39 is 4.92 Å². The lowest BCUT2D eigenvalue weighted by atomic mass is 10.1. The number of hydrogen-bond donors (Lipinski definition) is 2. The first-order valence-electron chi connectivity index (χ1n) is 5.08. The van der Waals surface area contributed by atoms with E-state index in [1.54, 1.807) is 0 Å². The largest absolute Gasteiger partial charge is 0.383 e. The molecular formula is C10H16N4O2. The number of pyridine rings is 1. The Morgan fingerprint density at radius 3 is 2.56 bits per heavy atom. The Labute approximate surface area is 94.0 Å². The van der Waals surface area contributed by atoms with Gasteiger partial charge in [-0.3, -0.25) is 10.1 Å². The maximum atomic E-state index is 10.6. The highest BCUT2D eigenvalue weighted by atomic mass is 16.6. The molecule has 1 aromatic heterocycles. The predicted molar refractivity (Wildman–Crippen MR) is 63.2 cm³/mol. The number of nitrogen functional groups attached to an aromatic ring is 1. The Morgan fingerprint density at radius 2 is 2.06 bits per heavy atom. The van der Waals surface area contributed by atoms with E-state index in [0.717, 1.165) is 0 Å². The first kappa shape index (κ1) is 12.2. The molecule has 0 aliphatic rings. The van der Waals surface area contributed by atoms with Crippen molar-refractivity contribution in [2.75, 3.05) is 11.1 Å². The van der Waals surface area contributed by atoms with Crippen molar-refractivity contribution in [2.45, 2.75) is 26.8 Å². The van der Waals surface area contributed by atoms with Gasteiger partial charge in [-0.15, -0.1) is 0 Å². The lowest BCUT2D eigenvalue weighted by Crippen LogP contribution is -2.22. The highest BCUT2D eigenvalue weighted by Gasteiger charge is 2.12. The SMILES string of the molecule is CC(C)C(C)Nc1cc([N+](=O)[O-])cc(N)n1. The molecule has 6 heteroatoms. The summed E-state index contributed by atoms with van der Waals surface area (Å²) in [6.07, 6.45) is 0. The van der Waals surface area contributed by atoms with Crippen LogP contribution in [-0.4, -0.2) is 15.9 Å². The third-order valence-corrected chi connectivity index (χ3v) is 2.42. The summed E-state index contributed by atoms with van der Waals surface area (Å²) in [6.45, 7) is 6.10. The van der Waals surface area contributed by atoms with E-state index in [0.29, 0.717) is 11.7 Å². The van der Waals surface area contributed by atoms with Crippen LogP contribution in [0.1, 0.15) is 20.8 Å². The zero-order valence-corrected chi connectivity index (χ0v) is 9.60. The lowest BCUT2D eigenvalue weighted by Gasteiger charge is -2.17. The van der Waals surface area contributed by atoms with Crippen molar-refractivity contribution < 1.29 is 4.92 Å². The molecule has 0 aromatic carbocycles. The van der Waals surface area contributed by atoms with Gasteiger partial charge in [0.2, 0.25) is 0 Å². The van der Waals surface area contributed by atoms with Crippen LogP contribution in [0, 0.1) is 16.0 Å².